The van der Waals surface area contributed by atoms with Gasteiger partial charge in [0, 0.05) is 32.1 Å². The molecule has 0 aromatic carbocycles. The van der Waals surface area contributed by atoms with E-state index in [2.05, 4.69) is 6.58 Å². The Kier molecular flexibility index (Phi) is 6.11. The van der Waals surface area contributed by atoms with Crippen LogP contribution in [-0.4, -0.2) is 46.7 Å². The Hall–Kier alpha value is -0.910. The molecule has 0 unspecified atom stereocenters. The fourth-order valence-corrected chi connectivity index (χ4v) is 1.08. The van der Waals surface area contributed by atoms with Crippen LogP contribution in [0.1, 0.15) is 12.8 Å². The van der Waals surface area contributed by atoms with Crippen molar-refractivity contribution < 1.29 is 24.9 Å². The number of aliphatic hydroxyl groups excluding tert-OH is 3. The minimum Gasteiger partial charge on any atom is -0.453 e. The zero-order chi connectivity index (χ0) is 11.0. The molecule has 0 aromatic rings. The lowest BCUT2D eigenvalue weighted by Gasteiger charge is -2.29. The number of hydrogen-bond donors (Lipinski definition) is 3. The molecule has 82 valence electrons. The van der Waals surface area contributed by atoms with Crippen LogP contribution in [0.2, 0.25) is 0 Å². The average Bonchev–Trinajstić information content (AvgIpc) is 2.18. The summed E-state index contributed by atoms with van der Waals surface area (Å²) in [4.78, 5) is 10.9. The van der Waals surface area contributed by atoms with Crippen LogP contribution >= 0.6 is 0 Å². The Labute approximate surface area is 82.6 Å². The summed E-state index contributed by atoms with van der Waals surface area (Å²) in [5, 5.41) is 26.5. The van der Waals surface area contributed by atoms with Gasteiger partial charge in [-0.1, -0.05) is 6.58 Å². The van der Waals surface area contributed by atoms with E-state index in [1.807, 2.05) is 0 Å². The number of carbonyl (C=O) groups is 1. The molecule has 0 fully saturated rings. The molecule has 0 spiro atoms. The van der Waals surface area contributed by atoms with Crippen molar-refractivity contribution in [1.82, 2.24) is 0 Å². The fourth-order valence-electron chi connectivity index (χ4n) is 1.08. The fraction of sp³-hybridized carbons (Fsp3) is 0.667. The predicted molar refractivity (Wildman–Crippen MR) is 49.5 cm³/mol. The lowest BCUT2D eigenvalue weighted by Crippen LogP contribution is -2.40. The van der Waals surface area contributed by atoms with Crippen LogP contribution in [0.4, 0.5) is 0 Å². The summed E-state index contributed by atoms with van der Waals surface area (Å²) in [5.74, 6) is -0.680. The van der Waals surface area contributed by atoms with Crippen LogP contribution in [0.15, 0.2) is 12.7 Å². The highest BCUT2D eigenvalue weighted by Crippen LogP contribution is 2.20. The molecule has 0 saturated heterocycles. The Bertz CT molecular complexity index is 184. The summed E-state index contributed by atoms with van der Waals surface area (Å²) in [7, 11) is 0. The maximum atomic E-state index is 10.9. The van der Waals surface area contributed by atoms with Gasteiger partial charge in [-0.15, -0.1) is 0 Å². The van der Waals surface area contributed by atoms with Crippen molar-refractivity contribution in [2.24, 2.45) is 0 Å². The van der Waals surface area contributed by atoms with Gasteiger partial charge >= 0.3 is 5.97 Å². The van der Waals surface area contributed by atoms with Crippen molar-refractivity contribution in [3.8, 4) is 0 Å². The van der Waals surface area contributed by atoms with Crippen LogP contribution in [0, 0.1) is 0 Å². The zero-order valence-corrected chi connectivity index (χ0v) is 7.98. The van der Waals surface area contributed by atoms with Crippen molar-refractivity contribution >= 4 is 5.97 Å². The summed E-state index contributed by atoms with van der Waals surface area (Å²) >= 11 is 0. The van der Waals surface area contributed by atoms with E-state index < -0.39 is 18.2 Å². The molecule has 0 aliphatic rings. The van der Waals surface area contributed by atoms with E-state index in [9.17, 15) is 4.79 Å². The van der Waals surface area contributed by atoms with Crippen LogP contribution in [0.5, 0.6) is 0 Å². The molecule has 0 rings (SSSR count). The topological polar surface area (TPSA) is 87.0 Å². The van der Waals surface area contributed by atoms with Crippen LogP contribution < -0.4 is 0 Å². The number of carbonyl (C=O) groups excluding carboxylic acids is 1. The summed E-state index contributed by atoms with van der Waals surface area (Å²) < 4.78 is 4.89. The number of ether oxygens (including phenoxy) is 1. The summed E-state index contributed by atoms with van der Waals surface area (Å²) in [5.41, 5.74) is -1.20. The van der Waals surface area contributed by atoms with Gasteiger partial charge in [0.05, 0.1) is 6.61 Å². The lowest BCUT2D eigenvalue weighted by atomic mass is 9.97. The van der Waals surface area contributed by atoms with Crippen LogP contribution in [0.3, 0.4) is 0 Å². The number of rotatable bonds is 7. The Morgan fingerprint density at radius 2 is 1.79 bits per heavy atom. The van der Waals surface area contributed by atoms with E-state index in [0.717, 1.165) is 6.08 Å². The van der Waals surface area contributed by atoms with Crippen LogP contribution in [-0.2, 0) is 9.53 Å². The third kappa shape index (κ3) is 3.87. The highest BCUT2D eigenvalue weighted by molar-refractivity contribution is 5.81. The molecule has 5 heteroatoms. The van der Waals surface area contributed by atoms with Gasteiger partial charge in [0.25, 0.3) is 0 Å². The SMILES string of the molecule is C=CC(=O)OC(CO)(CCO)CCO. The molecule has 0 heterocycles. The first-order chi connectivity index (χ1) is 6.64. The molecule has 0 aliphatic carbocycles. The molecular formula is C9H16O5. The van der Waals surface area contributed by atoms with Crippen molar-refractivity contribution in [2.45, 2.75) is 18.4 Å². The number of hydrogen-bond acceptors (Lipinski definition) is 5. The molecule has 0 atom stereocenters. The minimum absolute atomic E-state index is 0.0869. The largest absolute Gasteiger partial charge is 0.453 e. The molecule has 0 bridgehead atoms. The molecule has 0 aromatic heterocycles. The highest BCUT2D eigenvalue weighted by atomic mass is 16.6. The first kappa shape index (κ1) is 13.1. The summed E-state index contributed by atoms with van der Waals surface area (Å²) in [6.45, 7) is 2.32. The van der Waals surface area contributed by atoms with Crippen molar-refractivity contribution in [2.75, 3.05) is 19.8 Å². The van der Waals surface area contributed by atoms with Crippen molar-refractivity contribution in [1.29, 1.82) is 0 Å². The summed E-state index contributed by atoms with van der Waals surface area (Å²) in [6, 6.07) is 0. The molecular weight excluding hydrogens is 188 g/mol. The number of esters is 1. The van der Waals surface area contributed by atoms with Gasteiger partial charge in [0.2, 0.25) is 0 Å². The molecule has 0 aliphatic heterocycles. The molecule has 5 nitrogen and oxygen atoms in total. The van der Waals surface area contributed by atoms with E-state index in [1.54, 1.807) is 0 Å². The second-order valence-electron chi connectivity index (χ2n) is 2.91. The van der Waals surface area contributed by atoms with Crippen molar-refractivity contribution in [3.05, 3.63) is 12.7 Å². The van der Waals surface area contributed by atoms with Gasteiger partial charge in [-0.2, -0.15) is 0 Å². The smallest absolute Gasteiger partial charge is 0.330 e. The zero-order valence-electron chi connectivity index (χ0n) is 7.98. The molecule has 3 N–H and O–H groups in total. The van der Waals surface area contributed by atoms with E-state index in [1.165, 1.54) is 0 Å². The van der Waals surface area contributed by atoms with Gasteiger partial charge in [-0.25, -0.2) is 4.79 Å². The van der Waals surface area contributed by atoms with E-state index >= 15 is 0 Å². The van der Waals surface area contributed by atoms with Gasteiger partial charge < -0.3 is 20.1 Å². The number of aliphatic hydroxyl groups is 3. The molecule has 14 heavy (non-hydrogen) atoms. The minimum atomic E-state index is -1.20. The third-order valence-electron chi connectivity index (χ3n) is 1.91. The van der Waals surface area contributed by atoms with E-state index in [4.69, 9.17) is 20.1 Å². The van der Waals surface area contributed by atoms with Gasteiger partial charge in [-0.3, -0.25) is 0 Å². The lowest BCUT2D eigenvalue weighted by molar-refractivity contribution is -0.162. The standard InChI is InChI=1S/C9H16O5/c1-2-8(13)14-9(7-12,3-5-10)4-6-11/h2,10-12H,1,3-7H2. The van der Waals surface area contributed by atoms with Crippen LogP contribution in [0.25, 0.3) is 0 Å². The highest BCUT2D eigenvalue weighted by Gasteiger charge is 2.32. The van der Waals surface area contributed by atoms with Gasteiger partial charge in [0.1, 0.15) is 5.60 Å². The first-order valence-electron chi connectivity index (χ1n) is 4.32. The van der Waals surface area contributed by atoms with Gasteiger partial charge in [0.15, 0.2) is 0 Å². The first-order valence-corrected chi connectivity index (χ1v) is 4.32. The van der Waals surface area contributed by atoms with Crippen molar-refractivity contribution in [3.63, 3.8) is 0 Å². The third-order valence-corrected chi connectivity index (χ3v) is 1.91. The van der Waals surface area contributed by atoms with E-state index in [0.29, 0.717) is 0 Å². The van der Waals surface area contributed by atoms with E-state index in [-0.39, 0.29) is 26.1 Å². The quantitative estimate of drug-likeness (QED) is 0.374. The second-order valence-corrected chi connectivity index (χ2v) is 2.91. The molecule has 0 amide bonds. The Morgan fingerprint density at radius 3 is 2.07 bits per heavy atom. The molecule has 0 radical (unpaired) electrons. The van der Waals surface area contributed by atoms with Gasteiger partial charge in [-0.05, 0) is 0 Å². The average molecular weight is 204 g/mol. The summed E-state index contributed by atoms with van der Waals surface area (Å²) in [6.07, 6.45) is 1.15. The predicted octanol–water partition coefficient (Wildman–Crippen LogP) is -0.789. The monoisotopic (exact) mass is 204 g/mol. The second kappa shape index (κ2) is 6.53. The Balaban J connectivity index is 4.46. The maximum absolute atomic E-state index is 10.9. The Morgan fingerprint density at radius 1 is 1.29 bits per heavy atom. The normalized spacial score (nSPS) is 11.1. The maximum Gasteiger partial charge on any atom is 0.330 e. The molecule has 0 saturated carbocycles.